The molecule has 1 saturated heterocycles. The van der Waals surface area contributed by atoms with E-state index >= 15 is 0 Å². The minimum Gasteiger partial charge on any atom is -0.352 e. The van der Waals surface area contributed by atoms with E-state index in [1.165, 1.54) is 5.56 Å². The largest absolute Gasteiger partial charge is 0.352 e. The Balaban J connectivity index is 1.26. The van der Waals surface area contributed by atoms with E-state index in [1.807, 2.05) is 42.5 Å². The molecule has 0 atom stereocenters. The number of carbonyl (C=O) groups is 2. The van der Waals surface area contributed by atoms with E-state index in [2.05, 4.69) is 52.9 Å². The molecule has 0 unspecified atom stereocenters. The molecule has 2 heterocycles. The summed E-state index contributed by atoms with van der Waals surface area (Å²) in [7, 11) is 0. The molecule has 1 fully saturated rings. The van der Waals surface area contributed by atoms with Crippen LogP contribution in [0.5, 0.6) is 0 Å². The summed E-state index contributed by atoms with van der Waals surface area (Å²) in [6, 6.07) is 22.5. The van der Waals surface area contributed by atoms with Crippen molar-refractivity contribution in [2.75, 3.05) is 19.6 Å². The van der Waals surface area contributed by atoms with E-state index in [9.17, 15) is 9.59 Å². The summed E-state index contributed by atoms with van der Waals surface area (Å²) in [6.45, 7) is 7.55. The maximum Gasteiger partial charge on any atom is 0.223 e. The molecule has 178 valence electrons. The van der Waals surface area contributed by atoms with Crippen LogP contribution in [-0.4, -0.2) is 40.8 Å². The average molecular weight is 458 g/mol. The van der Waals surface area contributed by atoms with E-state index < -0.39 is 0 Å². The Kier molecular flexibility index (Phi) is 7.96. The molecule has 0 radical (unpaired) electrons. The molecule has 0 saturated carbocycles. The van der Waals surface area contributed by atoms with Gasteiger partial charge in [0.05, 0.1) is 6.54 Å². The Morgan fingerprint density at radius 3 is 2.18 bits per heavy atom. The second-order valence-corrected chi connectivity index (χ2v) is 9.35. The maximum atomic E-state index is 13.1. The third-order valence-corrected chi connectivity index (χ3v) is 6.98. The number of rotatable bonds is 9. The fourth-order valence-electron chi connectivity index (χ4n) is 4.88. The predicted molar refractivity (Wildman–Crippen MR) is 136 cm³/mol. The van der Waals surface area contributed by atoms with E-state index in [1.54, 1.807) is 0 Å². The molecule has 1 amide bonds. The van der Waals surface area contributed by atoms with Gasteiger partial charge in [0.25, 0.3) is 0 Å². The number of aromatic nitrogens is 1. The van der Waals surface area contributed by atoms with E-state index in [-0.39, 0.29) is 17.6 Å². The highest BCUT2D eigenvalue weighted by Crippen LogP contribution is 2.21. The van der Waals surface area contributed by atoms with Crippen molar-refractivity contribution in [2.24, 2.45) is 5.92 Å². The number of ketones is 1. The highest BCUT2D eigenvalue weighted by molar-refractivity contribution is 5.99. The Morgan fingerprint density at radius 2 is 1.53 bits per heavy atom. The number of aryl methyl sites for hydroxylation is 2. The van der Waals surface area contributed by atoms with Crippen molar-refractivity contribution in [1.29, 1.82) is 0 Å². The third kappa shape index (κ3) is 6.03. The lowest BCUT2D eigenvalue weighted by Gasteiger charge is -2.30. The van der Waals surface area contributed by atoms with Crippen molar-refractivity contribution in [2.45, 2.75) is 46.2 Å². The lowest BCUT2D eigenvalue weighted by atomic mass is 9.95. The summed E-state index contributed by atoms with van der Waals surface area (Å²) in [5.74, 6) is 0.320. The molecule has 1 aliphatic heterocycles. The number of Topliss-reactive ketones (excluding diaryl/α,β-unsaturated/α-hetero) is 1. The zero-order valence-electron chi connectivity index (χ0n) is 20.3. The van der Waals surface area contributed by atoms with E-state index in [4.69, 9.17) is 0 Å². The van der Waals surface area contributed by atoms with Crippen LogP contribution in [0, 0.1) is 19.8 Å². The summed E-state index contributed by atoms with van der Waals surface area (Å²) < 4.78 is 2.25. The average Bonchev–Trinajstić information content (AvgIpc) is 3.16. The molecule has 1 N–H and O–H groups in total. The number of hydrogen-bond donors (Lipinski definition) is 1. The number of nitrogens with one attached hydrogen (secondary N) is 1. The number of amides is 1. The van der Waals surface area contributed by atoms with Crippen LogP contribution in [0.1, 0.15) is 45.7 Å². The number of hydrogen-bond acceptors (Lipinski definition) is 3. The van der Waals surface area contributed by atoms with Crippen LogP contribution in [0.25, 0.3) is 0 Å². The first-order chi connectivity index (χ1) is 16.5. The van der Waals surface area contributed by atoms with Gasteiger partial charge < -0.3 is 9.88 Å². The standard InChI is InChI=1S/C29H35N3O2/c1-22-19-27(23(2)32(22)18-13-24-9-5-3-6-10-24)28(33)21-31-16-14-26(15-17-31)29(34)30-20-25-11-7-4-8-12-25/h3-12,19,26H,13-18,20-21H2,1-2H3,(H,30,34). The van der Waals surface area contributed by atoms with Crippen LogP contribution < -0.4 is 5.32 Å². The van der Waals surface area contributed by atoms with Crippen LogP contribution >= 0.6 is 0 Å². The van der Waals surface area contributed by atoms with Gasteiger partial charge in [-0.25, -0.2) is 0 Å². The van der Waals surface area contributed by atoms with Crippen LogP contribution in [0.3, 0.4) is 0 Å². The quantitative estimate of drug-likeness (QED) is 0.479. The first-order valence-corrected chi connectivity index (χ1v) is 12.3. The summed E-state index contributed by atoms with van der Waals surface area (Å²) in [5.41, 5.74) is 5.42. The summed E-state index contributed by atoms with van der Waals surface area (Å²) in [4.78, 5) is 27.9. The number of likely N-dealkylation sites (tertiary alicyclic amines) is 1. The molecule has 1 aromatic heterocycles. The normalized spacial score (nSPS) is 14.8. The number of nitrogens with zero attached hydrogens (tertiary/aromatic N) is 2. The van der Waals surface area contributed by atoms with Crippen LogP contribution in [-0.2, 0) is 24.3 Å². The summed E-state index contributed by atoms with van der Waals surface area (Å²) in [5, 5.41) is 3.06. The molecule has 0 aliphatic carbocycles. The fraction of sp³-hybridized carbons (Fsp3) is 0.379. The van der Waals surface area contributed by atoms with Gasteiger partial charge in [0, 0.05) is 36.0 Å². The van der Waals surface area contributed by atoms with Crippen LogP contribution in [0.2, 0.25) is 0 Å². The van der Waals surface area contributed by atoms with E-state index in [0.29, 0.717) is 13.1 Å². The van der Waals surface area contributed by atoms with Gasteiger partial charge in [0.1, 0.15) is 0 Å². The molecule has 4 rings (SSSR count). The smallest absolute Gasteiger partial charge is 0.223 e. The van der Waals surface area contributed by atoms with Crippen molar-refractivity contribution in [3.63, 3.8) is 0 Å². The molecular formula is C29H35N3O2. The third-order valence-electron chi connectivity index (χ3n) is 6.98. The Hall–Kier alpha value is -3.18. The van der Waals surface area contributed by atoms with Crippen molar-refractivity contribution in [1.82, 2.24) is 14.8 Å². The monoisotopic (exact) mass is 457 g/mol. The minimum absolute atomic E-state index is 0.0260. The Bertz CT molecular complexity index is 1100. The number of carbonyl (C=O) groups excluding carboxylic acids is 2. The molecule has 2 aromatic carbocycles. The van der Waals surface area contributed by atoms with Crippen molar-refractivity contribution in [3.8, 4) is 0 Å². The van der Waals surface area contributed by atoms with Gasteiger partial charge in [-0.15, -0.1) is 0 Å². The lowest BCUT2D eigenvalue weighted by Crippen LogP contribution is -2.42. The molecule has 3 aromatic rings. The first-order valence-electron chi connectivity index (χ1n) is 12.3. The molecule has 5 heteroatoms. The van der Waals surface area contributed by atoms with E-state index in [0.717, 1.165) is 61.4 Å². The second kappa shape index (κ2) is 11.3. The molecule has 5 nitrogen and oxygen atoms in total. The highest BCUT2D eigenvalue weighted by atomic mass is 16.2. The molecule has 0 bridgehead atoms. The SMILES string of the molecule is Cc1cc(C(=O)CN2CCC(C(=O)NCc3ccccc3)CC2)c(C)n1CCc1ccccc1. The second-order valence-electron chi connectivity index (χ2n) is 9.35. The molecule has 0 spiro atoms. The topological polar surface area (TPSA) is 54.3 Å². The van der Waals surface area contributed by atoms with Crippen molar-refractivity contribution in [3.05, 3.63) is 94.8 Å². The lowest BCUT2D eigenvalue weighted by molar-refractivity contribution is -0.126. The van der Waals surface area contributed by atoms with Gasteiger partial charge in [0.15, 0.2) is 5.78 Å². The van der Waals surface area contributed by atoms with Gasteiger partial charge in [-0.2, -0.15) is 0 Å². The predicted octanol–water partition coefficient (Wildman–Crippen LogP) is 4.56. The van der Waals surface area contributed by atoms with Crippen molar-refractivity contribution < 1.29 is 9.59 Å². The van der Waals surface area contributed by atoms with Crippen LogP contribution in [0.4, 0.5) is 0 Å². The molecule has 34 heavy (non-hydrogen) atoms. The van der Waals surface area contributed by atoms with Gasteiger partial charge in [-0.05, 0) is 63.4 Å². The van der Waals surface area contributed by atoms with Gasteiger partial charge in [-0.1, -0.05) is 60.7 Å². The minimum atomic E-state index is 0.0260. The van der Waals surface area contributed by atoms with Gasteiger partial charge >= 0.3 is 0 Å². The van der Waals surface area contributed by atoms with Gasteiger partial charge in [-0.3, -0.25) is 14.5 Å². The van der Waals surface area contributed by atoms with Crippen molar-refractivity contribution >= 4 is 11.7 Å². The molecular weight excluding hydrogens is 422 g/mol. The zero-order chi connectivity index (χ0) is 23.9. The van der Waals surface area contributed by atoms with Gasteiger partial charge in [0.2, 0.25) is 5.91 Å². The Morgan fingerprint density at radius 1 is 0.912 bits per heavy atom. The van der Waals surface area contributed by atoms with Crippen LogP contribution in [0.15, 0.2) is 66.7 Å². The number of benzene rings is 2. The Labute approximate surface area is 202 Å². The molecule has 1 aliphatic rings. The first kappa shape index (κ1) is 24.0. The summed E-state index contributed by atoms with van der Waals surface area (Å²) in [6.07, 6.45) is 2.54. The number of piperidine rings is 1. The highest BCUT2D eigenvalue weighted by Gasteiger charge is 2.26. The summed E-state index contributed by atoms with van der Waals surface area (Å²) >= 11 is 0. The zero-order valence-corrected chi connectivity index (χ0v) is 20.3. The fourth-order valence-corrected chi connectivity index (χ4v) is 4.88. The maximum absolute atomic E-state index is 13.1.